The summed E-state index contributed by atoms with van der Waals surface area (Å²) in [6.07, 6.45) is 4.78. The molecule has 1 aliphatic heterocycles. The Hall–Kier alpha value is -2.91. The molecule has 1 saturated carbocycles. The van der Waals surface area contributed by atoms with Crippen molar-refractivity contribution in [1.29, 1.82) is 0 Å². The fourth-order valence-corrected chi connectivity index (χ4v) is 6.29. The maximum atomic E-state index is 13.5. The predicted molar refractivity (Wildman–Crippen MR) is 133 cm³/mol. The van der Waals surface area contributed by atoms with E-state index in [4.69, 9.17) is 4.74 Å². The Bertz CT molecular complexity index is 1160. The van der Waals surface area contributed by atoms with Gasteiger partial charge in [-0.3, -0.25) is 9.59 Å². The molecule has 0 bridgehead atoms. The van der Waals surface area contributed by atoms with Gasteiger partial charge in [0.15, 0.2) is 0 Å². The number of methoxy groups -OCH3 is 1. The summed E-state index contributed by atoms with van der Waals surface area (Å²) in [6, 6.07) is 13.1. The highest BCUT2D eigenvalue weighted by molar-refractivity contribution is 7.89. The van der Waals surface area contributed by atoms with E-state index in [1.54, 1.807) is 0 Å². The monoisotopic (exact) mass is 499 g/mol. The lowest BCUT2D eigenvalue weighted by Crippen LogP contribution is -2.48. The van der Waals surface area contributed by atoms with Crippen LogP contribution in [0.4, 0.5) is 0 Å². The van der Waals surface area contributed by atoms with Gasteiger partial charge in [-0.15, -0.1) is 0 Å². The molecule has 188 valence electrons. The average Bonchev–Trinajstić information content (AvgIpc) is 3.68. The number of amides is 2. The van der Waals surface area contributed by atoms with Crippen LogP contribution >= 0.6 is 0 Å². The molecule has 1 aliphatic carbocycles. The first kappa shape index (κ1) is 25.2. The lowest BCUT2D eigenvalue weighted by Gasteiger charge is -2.32. The molecular formula is C26H33N3O5S. The summed E-state index contributed by atoms with van der Waals surface area (Å²) < 4.78 is 33.8. The zero-order valence-corrected chi connectivity index (χ0v) is 21.0. The molecule has 2 aromatic rings. The van der Waals surface area contributed by atoms with Crippen LogP contribution in [0, 0.1) is 0 Å². The summed E-state index contributed by atoms with van der Waals surface area (Å²) in [4.78, 5) is 26.1. The van der Waals surface area contributed by atoms with Gasteiger partial charge in [-0.1, -0.05) is 36.8 Å². The van der Waals surface area contributed by atoms with Crippen LogP contribution in [-0.2, 0) is 21.2 Å². The van der Waals surface area contributed by atoms with Crippen molar-refractivity contribution in [3.63, 3.8) is 0 Å². The van der Waals surface area contributed by atoms with Crippen molar-refractivity contribution in [2.24, 2.45) is 0 Å². The summed E-state index contributed by atoms with van der Waals surface area (Å²) in [5, 5.41) is 5.78. The van der Waals surface area contributed by atoms with Gasteiger partial charge in [0, 0.05) is 30.6 Å². The van der Waals surface area contributed by atoms with Crippen molar-refractivity contribution >= 4 is 21.8 Å². The number of piperidine rings is 1. The topological polar surface area (TPSA) is 105 Å². The summed E-state index contributed by atoms with van der Waals surface area (Å²) in [6.45, 7) is 2.33. The normalized spacial score (nSPS) is 19.5. The van der Waals surface area contributed by atoms with E-state index in [1.165, 1.54) is 29.6 Å². The van der Waals surface area contributed by atoms with Crippen LogP contribution in [-0.4, -0.2) is 56.3 Å². The van der Waals surface area contributed by atoms with Gasteiger partial charge in [0.2, 0.25) is 15.9 Å². The molecule has 1 heterocycles. The quantitative estimate of drug-likeness (QED) is 0.552. The Morgan fingerprint density at radius 3 is 2.49 bits per heavy atom. The van der Waals surface area contributed by atoms with Crippen LogP contribution in [0.3, 0.4) is 0 Å². The number of sulfonamides is 1. The summed E-state index contributed by atoms with van der Waals surface area (Å²) >= 11 is 0. The Balaban J connectivity index is 1.59. The third kappa shape index (κ3) is 6.02. The van der Waals surface area contributed by atoms with Gasteiger partial charge in [-0.2, -0.15) is 4.31 Å². The van der Waals surface area contributed by atoms with E-state index in [0.29, 0.717) is 13.0 Å². The molecule has 0 spiro atoms. The van der Waals surface area contributed by atoms with Gasteiger partial charge < -0.3 is 15.4 Å². The average molecular weight is 500 g/mol. The number of ether oxygens (including phenoxy) is 1. The Morgan fingerprint density at radius 2 is 1.83 bits per heavy atom. The molecule has 2 amide bonds. The van der Waals surface area contributed by atoms with E-state index in [1.807, 2.05) is 37.3 Å². The highest BCUT2D eigenvalue weighted by Gasteiger charge is 2.34. The van der Waals surface area contributed by atoms with Crippen LogP contribution < -0.4 is 15.4 Å². The first-order chi connectivity index (χ1) is 16.8. The molecule has 9 heteroatoms. The molecule has 4 rings (SSSR count). The van der Waals surface area contributed by atoms with E-state index >= 15 is 0 Å². The van der Waals surface area contributed by atoms with Gasteiger partial charge in [-0.05, 0) is 56.4 Å². The molecule has 35 heavy (non-hydrogen) atoms. The molecule has 2 unspecified atom stereocenters. The predicted octanol–water partition coefficient (Wildman–Crippen LogP) is 2.88. The van der Waals surface area contributed by atoms with Crippen molar-refractivity contribution in [3.05, 3.63) is 59.7 Å². The summed E-state index contributed by atoms with van der Waals surface area (Å²) in [5.41, 5.74) is 1.08. The molecule has 2 atom stereocenters. The van der Waals surface area contributed by atoms with Gasteiger partial charge in [-0.25, -0.2) is 8.42 Å². The third-order valence-electron chi connectivity index (χ3n) is 6.58. The van der Waals surface area contributed by atoms with Crippen LogP contribution in [0.15, 0.2) is 53.4 Å². The van der Waals surface area contributed by atoms with E-state index in [9.17, 15) is 18.0 Å². The van der Waals surface area contributed by atoms with Gasteiger partial charge >= 0.3 is 0 Å². The second-order valence-electron chi connectivity index (χ2n) is 9.32. The standard InChI is InChI=1S/C26H33N3O5S/c1-18-8-6-7-15-29(18)35(32,33)24-17-20(11-14-23(24)34-2)25(30)28-22(26(31)27-21-12-13-21)16-19-9-4-3-5-10-19/h3-5,9-11,14,17-18,21-22H,6-8,12-13,15-16H2,1-2H3,(H,27,31)(H,28,30). The van der Waals surface area contributed by atoms with E-state index in [-0.39, 0.29) is 34.2 Å². The highest BCUT2D eigenvalue weighted by atomic mass is 32.2. The van der Waals surface area contributed by atoms with Crippen molar-refractivity contribution in [3.8, 4) is 5.75 Å². The number of hydrogen-bond acceptors (Lipinski definition) is 5. The number of nitrogens with zero attached hydrogens (tertiary/aromatic N) is 1. The summed E-state index contributed by atoms with van der Waals surface area (Å²) in [7, 11) is -2.45. The van der Waals surface area contributed by atoms with Gasteiger partial charge in [0.1, 0.15) is 16.7 Å². The molecule has 8 nitrogen and oxygen atoms in total. The maximum Gasteiger partial charge on any atom is 0.251 e. The largest absolute Gasteiger partial charge is 0.495 e. The zero-order chi connectivity index (χ0) is 25.0. The molecule has 0 aromatic heterocycles. The number of rotatable bonds is 9. The smallest absolute Gasteiger partial charge is 0.251 e. The van der Waals surface area contributed by atoms with Crippen LogP contribution in [0.1, 0.15) is 54.9 Å². The molecule has 2 aromatic carbocycles. The molecule has 2 N–H and O–H groups in total. The number of nitrogens with one attached hydrogen (secondary N) is 2. The first-order valence-corrected chi connectivity index (χ1v) is 13.6. The molecular weight excluding hydrogens is 466 g/mol. The van der Waals surface area contributed by atoms with Crippen LogP contribution in [0.5, 0.6) is 5.75 Å². The van der Waals surface area contributed by atoms with Crippen molar-refractivity contribution in [1.82, 2.24) is 14.9 Å². The Labute approximate surface area is 207 Å². The number of carbonyl (C=O) groups excluding carboxylic acids is 2. The van der Waals surface area contributed by atoms with E-state index in [0.717, 1.165) is 37.7 Å². The second-order valence-corrected chi connectivity index (χ2v) is 11.2. The van der Waals surface area contributed by atoms with E-state index < -0.39 is 22.0 Å². The zero-order valence-electron chi connectivity index (χ0n) is 20.2. The lowest BCUT2D eigenvalue weighted by molar-refractivity contribution is -0.123. The van der Waals surface area contributed by atoms with Gasteiger partial charge in [0.25, 0.3) is 5.91 Å². The molecule has 2 fully saturated rings. The first-order valence-electron chi connectivity index (χ1n) is 12.1. The fourth-order valence-electron chi connectivity index (χ4n) is 4.40. The Kier molecular flexibility index (Phi) is 7.76. The van der Waals surface area contributed by atoms with Crippen molar-refractivity contribution in [2.75, 3.05) is 13.7 Å². The van der Waals surface area contributed by atoms with Crippen LogP contribution in [0.25, 0.3) is 0 Å². The number of hydrogen-bond donors (Lipinski definition) is 2. The SMILES string of the molecule is COc1ccc(C(=O)NC(Cc2ccccc2)C(=O)NC2CC2)cc1S(=O)(=O)N1CCCCC1C. The highest BCUT2D eigenvalue weighted by Crippen LogP contribution is 2.31. The van der Waals surface area contributed by atoms with Gasteiger partial charge in [0.05, 0.1) is 7.11 Å². The molecule has 1 saturated heterocycles. The van der Waals surface area contributed by atoms with Crippen molar-refractivity contribution < 1.29 is 22.7 Å². The Morgan fingerprint density at radius 1 is 1.09 bits per heavy atom. The maximum absolute atomic E-state index is 13.5. The minimum Gasteiger partial charge on any atom is -0.495 e. The molecule has 0 radical (unpaired) electrons. The summed E-state index contributed by atoms with van der Waals surface area (Å²) in [5.74, 6) is -0.567. The third-order valence-corrected chi connectivity index (χ3v) is 8.62. The van der Waals surface area contributed by atoms with E-state index in [2.05, 4.69) is 10.6 Å². The van der Waals surface area contributed by atoms with Crippen LogP contribution in [0.2, 0.25) is 0 Å². The second kappa shape index (κ2) is 10.8. The lowest BCUT2D eigenvalue weighted by atomic mass is 10.0. The minimum absolute atomic E-state index is 0.0385. The minimum atomic E-state index is -3.86. The molecule has 2 aliphatic rings. The number of benzene rings is 2. The fraction of sp³-hybridized carbons (Fsp3) is 0.462. The van der Waals surface area contributed by atoms with Crippen molar-refractivity contribution in [2.45, 2.75) is 68.5 Å². The number of carbonyl (C=O) groups is 2.